The van der Waals surface area contributed by atoms with Gasteiger partial charge in [-0.25, -0.2) is 10.8 Å². The van der Waals surface area contributed by atoms with Gasteiger partial charge in [-0.05, 0) is 31.2 Å². The molecule has 0 spiro atoms. The van der Waals surface area contributed by atoms with E-state index in [0.29, 0.717) is 24.3 Å². The minimum atomic E-state index is -0.150. The molecule has 0 aromatic carbocycles. The fourth-order valence-corrected chi connectivity index (χ4v) is 1.83. The quantitative estimate of drug-likeness (QED) is 0.558. The Balaban J connectivity index is 1.93. The fraction of sp³-hybridized carbons (Fsp3) is 0.214. The Hall–Kier alpha value is -2.47. The van der Waals surface area contributed by atoms with Gasteiger partial charge in [0.15, 0.2) is 0 Å². The summed E-state index contributed by atoms with van der Waals surface area (Å²) in [5, 5.41) is 2.85. The van der Waals surface area contributed by atoms with E-state index in [-0.39, 0.29) is 5.91 Å². The fourth-order valence-electron chi connectivity index (χ4n) is 1.83. The van der Waals surface area contributed by atoms with Gasteiger partial charge in [0.1, 0.15) is 5.82 Å². The van der Waals surface area contributed by atoms with Crippen molar-refractivity contribution in [2.75, 3.05) is 12.0 Å². The number of pyridine rings is 2. The summed E-state index contributed by atoms with van der Waals surface area (Å²) in [6.07, 6.45) is 2.43. The van der Waals surface area contributed by atoms with Crippen molar-refractivity contribution in [3.05, 3.63) is 53.5 Å². The third kappa shape index (κ3) is 3.76. The molecule has 0 saturated heterocycles. The molecule has 0 aliphatic heterocycles. The summed E-state index contributed by atoms with van der Waals surface area (Å²) in [5.41, 5.74) is 4.66. The summed E-state index contributed by atoms with van der Waals surface area (Å²) >= 11 is 0. The second kappa shape index (κ2) is 6.63. The summed E-state index contributed by atoms with van der Waals surface area (Å²) in [5.74, 6) is 5.63. The van der Waals surface area contributed by atoms with Crippen LogP contribution in [-0.4, -0.2) is 22.4 Å². The molecule has 104 valence electrons. The maximum Gasteiger partial charge on any atom is 0.251 e. The number of nitrogens with one attached hydrogen (secondary N) is 2. The Labute approximate surface area is 117 Å². The van der Waals surface area contributed by atoms with Gasteiger partial charge < -0.3 is 10.7 Å². The second-order valence-electron chi connectivity index (χ2n) is 4.35. The number of carbonyl (C=O) groups excluding carboxylic acids is 1. The Kier molecular flexibility index (Phi) is 4.62. The lowest BCUT2D eigenvalue weighted by atomic mass is 10.2. The van der Waals surface area contributed by atoms with Crippen LogP contribution in [0, 0.1) is 6.92 Å². The van der Waals surface area contributed by atoms with Crippen molar-refractivity contribution in [2.45, 2.75) is 13.3 Å². The molecule has 2 rings (SSSR count). The zero-order valence-electron chi connectivity index (χ0n) is 11.3. The third-order valence-electron chi connectivity index (χ3n) is 2.76. The first-order valence-electron chi connectivity index (χ1n) is 6.32. The Morgan fingerprint density at radius 3 is 2.90 bits per heavy atom. The molecule has 1 amide bonds. The molecule has 2 aromatic rings. The number of nitrogen functional groups attached to an aromatic ring is 1. The molecule has 0 bridgehead atoms. The van der Waals surface area contributed by atoms with Crippen molar-refractivity contribution in [2.24, 2.45) is 5.84 Å². The van der Waals surface area contributed by atoms with Gasteiger partial charge in [0, 0.05) is 36.1 Å². The van der Waals surface area contributed by atoms with Gasteiger partial charge in [-0.15, -0.1) is 0 Å². The highest BCUT2D eigenvalue weighted by atomic mass is 16.1. The number of rotatable bonds is 5. The van der Waals surface area contributed by atoms with Crippen molar-refractivity contribution < 1.29 is 4.79 Å². The normalized spacial score (nSPS) is 10.1. The van der Waals surface area contributed by atoms with Crippen LogP contribution in [0.1, 0.15) is 21.7 Å². The lowest BCUT2D eigenvalue weighted by Crippen LogP contribution is -2.26. The van der Waals surface area contributed by atoms with E-state index in [1.54, 1.807) is 18.3 Å². The van der Waals surface area contributed by atoms with Crippen molar-refractivity contribution in [3.63, 3.8) is 0 Å². The number of hydrazine groups is 1. The highest BCUT2D eigenvalue weighted by Crippen LogP contribution is 2.08. The molecule has 0 saturated carbocycles. The molecular weight excluding hydrogens is 254 g/mol. The van der Waals surface area contributed by atoms with Crippen LogP contribution in [0.4, 0.5) is 5.82 Å². The minimum absolute atomic E-state index is 0.150. The number of amides is 1. The first-order chi connectivity index (χ1) is 9.69. The molecule has 20 heavy (non-hydrogen) atoms. The standard InChI is InChI=1S/C14H17N5O/c1-10-8-11(9-13(18-10)19-15)14(20)17-7-5-12-4-2-3-6-16-12/h2-4,6,8-9H,5,7,15H2,1H3,(H,17,20)(H,18,19). The maximum atomic E-state index is 12.0. The van der Waals surface area contributed by atoms with E-state index in [9.17, 15) is 4.79 Å². The van der Waals surface area contributed by atoms with E-state index in [2.05, 4.69) is 20.7 Å². The highest BCUT2D eigenvalue weighted by Gasteiger charge is 2.08. The number of carbonyl (C=O) groups is 1. The van der Waals surface area contributed by atoms with Crippen LogP contribution in [0.15, 0.2) is 36.5 Å². The van der Waals surface area contributed by atoms with E-state index in [1.165, 1.54) is 0 Å². The summed E-state index contributed by atoms with van der Waals surface area (Å²) in [4.78, 5) is 20.4. The number of nitrogens with zero attached hydrogens (tertiary/aromatic N) is 2. The molecule has 0 aliphatic rings. The van der Waals surface area contributed by atoms with Crippen LogP contribution < -0.4 is 16.6 Å². The van der Waals surface area contributed by atoms with E-state index < -0.39 is 0 Å². The first-order valence-corrected chi connectivity index (χ1v) is 6.32. The van der Waals surface area contributed by atoms with Gasteiger partial charge in [-0.3, -0.25) is 9.78 Å². The average Bonchev–Trinajstić information content (AvgIpc) is 2.47. The van der Waals surface area contributed by atoms with Gasteiger partial charge in [0.05, 0.1) is 0 Å². The predicted molar refractivity (Wildman–Crippen MR) is 77.1 cm³/mol. The van der Waals surface area contributed by atoms with Gasteiger partial charge in [-0.2, -0.15) is 0 Å². The molecule has 0 atom stereocenters. The van der Waals surface area contributed by atoms with Crippen LogP contribution in [-0.2, 0) is 6.42 Å². The van der Waals surface area contributed by atoms with Crippen LogP contribution in [0.2, 0.25) is 0 Å². The number of hydrogen-bond donors (Lipinski definition) is 3. The van der Waals surface area contributed by atoms with Crippen molar-refractivity contribution in [3.8, 4) is 0 Å². The molecule has 4 N–H and O–H groups in total. The second-order valence-corrected chi connectivity index (χ2v) is 4.35. The third-order valence-corrected chi connectivity index (χ3v) is 2.76. The first kappa shape index (κ1) is 14.0. The lowest BCUT2D eigenvalue weighted by Gasteiger charge is -2.07. The van der Waals surface area contributed by atoms with Crippen LogP contribution in [0.3, 0.4) is 0 Å². The van der Waals surface area contributed by atoms with Gasteiger partial charge in [0.2, 0.25) is 0 Å². The molecule has 2 heterocycles. The van der Waals surface area contributed by atoms with Gasteiger partial charge >= 0.3 is 0 Å². The number of nitrogens with two attached hydrogens (primary N) is 1. The maximum absolute atomic E-state index is 12.0. The SMILES string of the molecule is Cc1cc(C(=O)NCCc2ccccn2)cc(NN)n1. The lowest BCUT2D eigenvalue weighted by molar-refractivity contribution is 0.0954. The van der Waals surface area contributed by atoms with Gasteiger partial charge in [0.25, 0.3) is 5.91 Å². The monoisotopic (exact) mass is 271 g/mol. The predicted octanol–water partition coefficient (Wildman–Crippen LogP) is 1.04. The Bertz CT molecular complexity index is 585. The average molecular weight is 271 g/mol. The highest BCUT2D eigenvalue weighted by molar-refractivity contribution is 5.94. The Morgan fingerprint density at radius 2 is 2.20 bits per heavy atom. The number of aryl methyl sites for hydroxylation is 1. The van der Waals surface area contributed by atoms with E-state index in [0.717, 1.165) is 11.4 Å². The van der Waals surface area contributed by atoms with E-state index >= 15 is 0 Å². The molecule has 0 fully saturated rings. The summed E-state index contributed by atoms with van der Waals surface area (Å²) in [7, 11) is 0. The van der Waals surface area contributed by atoms with E-state index in [4.69, 9.17) is 5.84 Å². The molecule has 6 heteroatoms. The summed E-state index contributed by atoms with van der Waals surface area (Å²) in [6, 6.07) is 9.05. The van der Waals surface area contributed by atoms with Crippen LogP contribution in [0.5, 0.6) is 0 Å². The Morgan fingerprint density at radius 1 is 1.35 bits per heavy atom. The summed E-state index contributed by atoms with van der Waals surface area (Å²) in [6.45, 7) is 2.34. The molecule has 0 radical (unpaired) electrons. The molecule has 6 nitrogen and oxygen atoms in total. The number of hydrogen-bond acceptors (Lipinski definition) is 5. The molecule has 0 aliphatic carbocycles. The molecule has 0 unspecified atom stereocenters. The number of aromatic nitrogens is 2. The van der Waals surface area contributed by atoms with Gasteiger partial charge in [-0.1, -0.05) is 6.07 Å². The van der Waals surface area contributed by atoms with Crippen molar-refractivity contribution in [1.82, 2.24) is 15.3 Å². The smallest absolute Gasteiger partial charge is 0.251 e. The zero-order chi connectivity index (χ0) is 14.4. The molecular formula is C14H17N5O. The van der Waals surface area contributed by atoms with Crippen molar-refractivity contribution in [1.29, 1.82) is 0 Å². The zero-order valence-corrected chi connectivity index (χ0v) is 11.3. The largest absolute Gasteiger partial charge is 0.352 e. The molecule has 2 aromatic heterocycles. The van der Waals surface area contributed by atoms with E-state index in [1.807, 2.05) is 25.1 Å². The van der Waals surface area contributed by atoms with Crippen molar-refractivity contribution >= 4 is 11.7 Å². The summed E-state index contributed by atoms with van der Waals surface area (Å²) < 4.78 is 0. The topological polar surface area (TPSA) is 92.9 Å². The number of anilines is 1. The minimum Gasteiger partial charge on any atom is -0.352 e. The van der Waals surface area contributed by atoms with Crippen LogP contribution >= 0.6 is 0 Å². The van der Waals surface area contributed by atoms with Crippen LogP contribution in [0.25, 0.3) is 0 Å².